The standard InChI is InChI=1S/C17H19NO3S2/c1-18(10-15-4-3-9-23-15)16(19)12-22-11-13-5-7-14(8-6-13)17(20)21-2/h3-9H,10-12H2,1-2H3. The third kappa shape index (κ3) is 5.41. The second kappa shape index (κ2) is 8.74. The second-order valence-electron chi connectivity index (χ2n) is 5.01. The van der Waals surface area contributed by atoms with E-state index in [0.29, 0.717) is 17.9 Å². The minimum absolute atomic E-state index is 0.120. The first kappa shape index (κ1) is 17.6. The lowest BCUT2D eigenvalue weighted by molar-refractivity contribution is -0.127. The molecule has 0 N–H and O–H groups in total. The first-order chi connectivity index (χ1) is 11.1. The first-order valence-electron chi connectivity index (χ1n) is 7.11. The molecule has 0 saturated heterocycles. The Bertz CT molecular complexity index is 638. The molecule has 0 unspecified atom stereocenters. The first-order valence-corrected chi connectivity index (χ1v) is 9.15. The molecular weight excluding hydrogens is 330 g/mol. The Morgan fingerprint density at radius 2 is 1.96 bits per heavy atom. The average Bonchev–Trinajstić information content (AvgIpc) is 3.07. The van der Waals surface area contributed by atoms with Gasteiger partial charge >= 0.3 is 5.97 Å². The quantitative estimate of drug-likeness (QED) is 0.719. The van der Waals surface area contributed by atoms with Gasteiger partial charge in [-0.1, -0.05) is 18.2 Å². The fraction of sp³-hybridized carbons (Fsp3) is 0.294. The minimum atomic E-state index is -0.338. The van der Waals surface area contributed by atoms with Gasteiger partial charge in [0, 0.05) is 17.7 Å². The molecule has 0 spiro atoms. The van der Waals surface area contributed by atoms with Crippen LogP contribution in [0.15, 0.2) is 41.8 Å². The molecule has 0 aliphatic heterocycles. The zero-order valence-electron chi connectivity index (χ0n) is 13.2. The molecule has 0 radical (unpaired) electrons. The number of hydrogen-bond donors (Lipinski definition) is 0. The van der Waals surface area contributed by atoms with Crippen LogP contribution in [-0.2, 0) is 21.8 Å². The van der Waals surface area contributed by atoms with Gasteiger partial charge in [-0.2, -0.15) is 0 Å². The number of carbonyl (C=O) groups excluding carboxylic acids is 2. The van der Waals surface area contributed by atoms with Crippen molar-refractivity contribution < 1.29 is 14.3 Å². The van der Waals surface area contributed by atoms with E-state index >= 15 is 0 Å². The van der Waals surface area contributed by atoms with Crippen molar-refractivity contribution in [2.24, 2.45) is 0 Å². The Labute approximate surface area is 144 Å². The summed E-state index contributed by atoms with van der Waals surface area (Å²) in [4.78, 5) is 26.4. The highest BCUT2D eigenvalue weighted by molar-refractivity contribution is 7.99. The fourth-order valence-corrected chi connectivity index (χ4v) is 3.63. The number of nitrogens with zero attached hydrogens (tertiary/aromatic N) is 1. The van der Waals surface area contributed by atoms with Crippen molar-refractivity contribution in [1.82, 2.24) is 4.90 Å². The minimum Gasteiger partial charge on any atom is -0.465 e. The monoisotopic (exact) mass is 349 g/mol. The highest BCUT2D eigenvalue weighted by Gasteiger charge is 2.10. The zero-order chi connectivity index (χ0) is 16.7. The number of esters is 1. The SMILES string of the molecule is COC(=O)c1ccc(CSCC(=O)N(C)Cc2cccs2)cc1. The number of thiophene rings is 1. The van der Waals surface area contributed by atoms with Crippen LogP contribution in [-0.4, -0.2) is 36.7 Å². The molecule has 1 amide bonds. The van der Waals surface area contributed by atoms with E-state index in [-0.39, 0.29) is 11.9 Å². The van der Waals surface area contributed by atoms with Gasteiger partial charge in [0.05, 0.1) is 25.0 Å². The number of thioether (sulfide) groups is 1. The van der Waals surface area contributed by atoms with E-state index in [0.717, 1.165) is 11.3 Å². The van der Waals surface area contributed by atoms with Gasteiger partial charge in [-0.25, -0.2) is 4.79 Å². The average molecular weight is 349 g/mol. The number of amides is 1. The predicted octanol–water partition coefficient (Wildman–Crippen LogP) is 3.43. The number of benzene rings is 1. The molecule has 0 atom stereocenters. The molecule has 6 heteroatoms. The van der Waals surface area contributed by atoms with Gasteiger partial charge in [-0.05, 0) is 29.1 Å². The normalized spacial score (nSPS) is 10.3. The summed E-state index contributed by atoms with van der Waals surface area (Å²) in [6, 6.07) is 11.3. The van der Waals surface area contributed by atoms with E-state index in [2.05, 4.69) is 4.74 Å². The molecule has 0 aliphatic carbocycles. The lowest BCUT2D eigenvalue weighted by Crippen LogP contribution is -2.27. The summed E-state index contributed by atoms with van der Waals surface area (Å²) in [5, 5.41) is 2.01. The maximum absolute atomic E-state index is 12.1. The van der Waals surface area contributed by atoms with Gasteiger partial charge in [-0.3, -0.25) is 4.79 Å². The molecule has 2 aromatic rings. The molecule has 1 aromatic carbocycles. The van der Waals surface area contributed by atoms with Gasteiger partial charge < -0.3 is 9.64 Å². The molecular formula is C17H19NO3S2. The molecule has 1 heterocycles. The maximum Gasteiger partial charge on any atom is 0.337 e. The van der Waals surface area contributed by atoms with Crippen LogP contribution in [0.2, 0.25) is 0 Å². The van der Waals surface area contributed by atoms with E-state index in [1.807, 2.05) is 36.7 Å². The fourth-order valence-electron chi connectivity index (χ4n) is 1.95. The summed E-state index contributed by atoms with van der Waals surface area (Å²) < 4.78 is 4.66. The van der Waals surface area contributed by atoms with Gasteiger partial charge in [-0.15, -0.1) is 23.1 Å². The Balaban J connectivity index is 1.75. The van der Waals surface area contributed by atoms with Gasteiger partial charge in [0.1, 0.15) is 0 Å². The highest BCUT2D eigenvalue weighted by atomic mass is 32.2. The van der Waals surface area contributed by atoms with E-state index in [9.17, 15) is 9.59 Å². The highest BCUT2D eigenvalue weighted by Crippen LogP contribution is 2.16. The van der Waals surface area contributed by atoms with Crippen LogP contribution in [0.3, 0.4) is 0 Å². The smallest absolute Gasteiger partial charge is 0.337 e. The molecule has 0 aliphatic rings. The summed E-state index contributed by atoms with van der Waals surface area (Å²) in [6.45, 7) is 0.658. The number of carbonyl (C=O) groups is 2. The van der Waals surface area contributed by atoms with E-state index < -0.39 is 0 Å². The summed E-state index contributed by atoms with van der Waals surface area (Å²) >= 11 is 3.23. The van der Waals surface area contributed by atoms with Crippen molar-refractivity contribution >= 4 is 35.0 Å². The number of ether oxygens (including phenoxy) is 1. The van der Waals surface area contributed by atoms with E-state index in [1.54, 1.807) is 40.1 Å². The van der Waals surface area contributed by atoms with Crippen LogP contribution in [0.5, 0.6) is 0 Å². The van der Waals surface area contributed by atoms with Gasteiger partial charge in [0.2, 0.25) is 5.91 Å². The number of hydrogen-bond acceptors (Lipinski definition) is 5. The Morgan fingerprint density at radius 3 is 2.57 bits per heavy atom. The molecule has 0 fully saturated rings. The van der Waals surface area contributed by atoms with Crippen LogP contribution in [0.4, 0.5) is 0 Å². The molecule has 4 nitrogen and oxygen atoms in total. The summed E-state index contributed by atoms with van der Waals surface area (Å²) in [5.41, 5.74) is 1.62. The van der Waals surface area contributed by atoms with Gasteiger partial charge in [0.25, 0.3) is 0 Å². The van der Waals surface area contributed by atoms with Crippen molar-refractivity contribution in [3.63, 3.8) is 0 Å². The molecule has 122 valence electrons. The summed E-state index contributed by atoms with van der Waals surface area (Å²) in [5.74, 6) is 0.963. The van der Waals surface area contributed by atoms with E-state index in [4.69, 9.17) is 0 Å². The lowest BCUT2D eigenvalue weighted by Gasteiger charge is -2.16. The van der Waals surface area contributed by atoms with Crippen molar-refractivity contribution in [3.05, 3.63) is 57.8 Å². The Hall–Kier alpha value is -1.79. The van der Waals surface area contributed by atoms with Crippen molar-refractivity contribution in [2.45, 2.75) is 12.3 Å². The third-order valence-electron chi connectivity index (χ3n) is 3.27. The predicted molar refractivity (Wildman–Crippen MR) is 94.7 cm³/mol. The topological polar surface area (TPSA) is 46.6 Å². The van der Waals surface area contributed by atoms with Crippen LogP contribution in [0, 0.1) is 0 Å². The maximum atomic E-state index is 12.1. The van der Waals surface area contributed by atoms with Crippen molar-refractivity contribution in [2.75, 3.05) is 19.9 Å². The van der Waals surface area contributed by atoms with Crippen LogP contribution >= 0.6 is 23.1 Å². The van der Waals surface area contributed by atoms with Crippen LogP contribution in [0.1, 0.15) is 20.8 Å². The van der Waals surface area contributed by atoms with Crippen LogP contribution in [0.25, 0.3) is 0 Å². The lowest BCUT2D eigenvalue weighted by atomic mass is 10.1. The van der Waals surface area contributed by atoms with Gasteiger partial charge in [0.15, 0.2) is 0 Å². The summed E-state index contributed by atoms with van der Waals surface area (Å²) in [7, 11) is 3.19. The number of rotatable bonds is 7. The summed E-state index contributed by atoms with van der Waals surface area (Å²) in [6.07, 6.45) is 0. The Kier molecular flexibility index (Phi) is 6.67. The van der Waals surface area contributed by atoms with Crippen LogP contribution < -0.4 is 0 Å². The van der Waals surface area contributed by atoms with Crippen molar-refractivity contribution in [3.8, 4) is 0 Å². The number of methoxy groups -OCH3 is 1. The van der Waals surface area contributed by atoms with Crippen molar-refractivity contribution in [1.29, 1.82) is 0 Å². The second-order valence-corrected chi connectivity index (χ2v) is 7.03. The molecule has 0 bridgehead atoms. The third-order valence-corrected chi connectivity index (χ3v) is 5.12. The molecule has 1 aromatic heterocycles. The molecule has 0 saturated carbocycles. The molecule has 2 rings (SSSR count). The zero-order valence-corrected chi connectivity index (χ0v) is 14.8. The largest absolute Gasteiger partial charge is 0.465 e. The van der Waals surface area contributed by atoms with E-state index in [1.165, 1.54) is 12.0 Å². The Morgan fingerprint density at radius 1 is 1.22 bits per heavy atom. The molecule has 23 heavy (non-hydrogen) atoms.